The van der Waals surface area contributed by atoms with Crippen molar-refractivity contribution in [1.29, 1.82) is 0 Å². The Kier molecular flexibility index (Phi) is 4.43. The summed E-state index contributed by atoms with van der Waals surface area (Å²) in [5.41, 5.74) is 1.28. The van der Waals surface area contributed by atoms with Gasteiger partial charge >= 0.3 is 0 Å². The summed E-state index contributed by atoms with van der Waals surface area (Å²) in [4.78, 5) is 0. The monoisotopic (exact) mass is 233 g/mol. The zero-order chi connectivity index (χ0) is 12.1. The third kappa shape index (κ3) is 3.22. The van der Waals surface area contributed by atoms with Crippen LogP contribution < -0.4 is 10.1 Å². The predicted octanol–water partition coefficient (Wildman–Crippen LogP) is 3.68. The summed E-state index contributed by atoms with van der Waals surface area (Å²) < 4.78 is 6.13. The van der Waals surface area contributed by atoms with Crippen molar-refractivity contribution in [3.05, 3.63) is 29.8 Å². The summed E-state index contributed by atoms with van der Waals surface area (Å²) in [6, 6.07) is 8.77. The fraction of sp³-hybridized carbons (Fsp3) is 0.600. The molecule has 0 heterocycles. The van der Waals surface area contributed by atoms with Crippen molar-refractivity contribution in [1.82, 2.24) is 5.32 Å². The summed E-state index contributed by atoms with van der Waals surface area (Å²) in [6.45, 7) is 5.32. The van der Waals surface area contributed by atoms with Gasteiger partial charge in [-0.2, -0.15) is 0 Å². The zero-order valence-electron chi connectivity index (χ0n) is 10.9. The molecule has 0 spiro atoms. The van der Waals surface area contributed by atoms with Crippen molar-refractivity contribution in [2.45, 2.75) is 51.7 Å². The van der Waals surface area contributed by atoms with Crippen LogP contribution in [-0.2, 0) is 0 Å². The van der Waals surface area contributed by atoms with Crippen LogP contribution in [0.5, 0.6) is 5.75 Å². The maximum Gasteiger partial charge on any atom is 0.124 e. The zero-order valence-corrected chi connectivity index (χ0v) is 10.9. The summed E-state index contributed by atoms with van der Waals surface area (Å²) in [6.07, 6.45) is 5.49. The van der Waals surface area contributed by atoms with Crippen molar-refractivity contribution in [3.8, 4) is 5.75 Å². The van der Waals surface area contributed by atoms with Gasteiger partial charge in [0.15, 0.2) is 0 Å². The summed E-state index contributed by atoms with van der Waals surface area (Å²) >= 11 is 0. The van der Waals surface area contributed by atoms with E-state index in [0.717, 1.165) is 12.3 Å². The summed E-state index contributed by atoms with van der Waals surface area (Å²) in [7, 11) is 0. The summed E-state index contributed by atoms with van der Waals surface area (Å²) in [5.74, 6) is 1.06. The van der Waals surface area contributed by atoms with Crippen LogP contribution in [0.15, 0.2) is 24.3 Å². The van der Waals surface area contributed by atoms with Crippen LogP contribution in [0.25, 0.3) is 0 Å². The molecule has 1 fully saturated rings. The molecule has 94 valence electrons. The van der Waals surface area contributed by atoms with E-state index in [-0.39, 0.29) is 0 Å². The number of hydrogen-bond acceptors (Lipinski definition) is 2. The standard InChI is InChI=1S/C15H23NO/c1-3-16-12(2)14-10-6-7-11-15(14)17-13-8-4-5-9-13/h6-7,10-13,16H,3-5,8-9H2,1-2H3/t12-/m0/s1. The third-order valence-corrected chi connectivity index (χ3v) is 3.49. The first-order chi connectivity index (χ1) is 8.31. The third-order valence-electron chi connectivity index (χ3n) is 3.49. The number of rotatable bonds is 5. The van der Waals surface area contributed by atoms with Gasteiger partial charge in [-0.3, -0.25) is 0 Å². The van der Waals surface area contributed by atoms with E-state index in [0.29, 0.717) is 12.1 Å². The Labute approximate surface area is 104 Å². The van der Waals surface area contributed by atoms with Crippen molar-refractivity contribution < 1.29 is 4.74 Å². The van der Waals surface area contributed by atoms with Gasteiger partial charge in [-0.05, 0) is 45.2 Å². The lowest BCUT2D eigenvalue weighted by Gasteiger charge is -2.20. The minimum atomic E-state index is 0.359. The van der Waals surface area contributed by atoms with Gasteiger partial charge in [-0.25, -0.2) is 0 Å². The molecule has 1 aliphatic carbocycles. The Balaban J connectivity index is 2.09. The van der Waals surface area contributed by atoms with E-state index in [2.05, 4.69) is 43.4 Å². The van der Waals surface area contributed by atoms with Crippen molar-refractivity contribution in [2.75, 3.05) is 6.54 Å². The molecular formula is C15H23NO. The minimum Gasteiger partial charge on any atom is -0.490 e. The fourth-order valence-electron chi connectivity index (χ4n) is 2.55. The maximum atomic E-state index is 6.13. The van der Waals surface area contributed by atoms with Crippen LogP contribution in [0.1, 0.15) is 51.1 Å². The second-order valence-electron chi connectivity index (χ2n) is 4.84. The highest BCUT2D eigenvalue weighted by Crippen LogP contribution is 2.29. The normalized spacial score (nSPS) is 18.2. The van der Waals surface area contributed by atoms with Crippen LogP contribution in [0.2, 0.25) is 0 Å². The Morgan fingerprint density at radius 3 is 2.71 bits per heavy atom. The van der Waals surface area contributed by atoms with E-state index in [4.69, 9.17) is 4.74 Å². The van der Waals surface area contributed by atoms with E-state index in [1.807, 2.05) is 0 Å². The molecule has 0 aromatic heterocycles. The van der Waals surface area contributed by atoms with Gasteiger partial charge < -0.3 is 10.1 Å². The number of nitrogens with one attached hydrogen (secondary N) is 1. The van der Waals surface area contributed by atoms with E-state index >= 15 is 0 Å². The highest BCUT2D eigenvalue weighted by atomic mass is 16.5. The number of ether oxygens (including phenoxy) is 1. The predicted molar refractivity (Wildman–Crippen MR) is 71.4 cm³/mol. The number of hydrogen-bond donors (Lipinski definition) is 1. The van der Waals surface area contributed by atoms with E-state index in [1.54, 1.807) is 0 Å². The molecule has 17 heavy (non-hydrogen) atoms. The quantitative estimate of drug-likeness (QED) is 0.837. The highest BCUT2D eigenvalue weighted by Gasteiger charge is 2.18. The van der Waals surface area contributed by atoms with Crippen LogP contribution in [0, 0.1) is 0 Å². The van der Waals surface area contributed by atoms with Crippen LogP contribution in [0.4, 0.5) is 0 Å². The lowest BCUT2D eigenvalue weighted by molar-refractivity contribution is 0.206. The largest absolute Gasteiger partial charge is 0.490 e. The smallest absolute Gasteiger partial charge is 0.124 e. The molecule has 1 aliphatic rings. The van der Waals surface area contributed by atoms with Crippen LogP contribution >= 0.6 is 0 Å². The molecule has 0 unspecified atom stereocenters. The lowest BCUT2D eigenvalue weighted by atomic mass is 10.1. The van der Waals surface area contributed by atoms with Gasteiger partial charge in [0.1, 0.15) is 5.75 Å². The molecule has 0 radical (unpaired) electrons. The Hall–Kier alpha value is -1.02. The summed E-state index contributed by atoms with van der Waals surface area (Å²) in [5, 5.41) is 3.45. The molecule has 1 N–H and O–H groups in total. The Morgan fingerprint density at radius 2 is 2.00 bits per heavy atom. The average Bonchev–Trinajstić information content (AvgIpc) is 2.83. The first-order valence-corrected chi connectivity index (χ1v) is 6.80. The van der Waals surface area contributed by atoms with Crippen LogP contribution in [0.3, 0.4) is 0 Å². The number of benzene rings is 1. The molecule has 0 aliphatic heterocycles. The lowest BCUT2D eigenvalue weighted by Crippen LogP contribution is -2.20. The molecule has 2 heteroatoms. The van der Waals surface area contributed by atoms with Gasteiger partial charge in [0.25, 0.3) is 0 Å². The molecule has 2 rings (SSSR count). The topological polar surface area (TPSA) is 21.3 Å². The highest BCUT2D eigenvalue weighted by molar-refractivity contribution is 5.35. The molecule has 0 bridgehead atoms. The molecule has 1 aromatic carbocycles. The molecule has 1 aromatic rings. The first-order valence-electron chi connectivity index (χ1n) is 6.80. The molecular weight excluding hydrogens is 210 g/mol. The van der Waals surface area contributed by atoms with Gasteiger partial charge in [0.05, 0.1) is 6.10 Å². The fourth-order valence-corrected chi connectivity index (χ4v) is 2.55. The van der Waals surface area contributed by atoms with Crippen LogP contribution in [-0.4, -0.2) is 12.6 Å². The number of para-hydroxylation sites is 1. The van der Waals surface area contributed by atoms with Gasteiger partial charge in [-0.15, -0.1) is 0 Å². The van der Waals surface area contributed by atoms with Crippen molar-refractivity contribution >= 4 is 0 Å². The Morgan fingerprint density at radius 1 is 1.29 bits per heavy atom. The molecule has 0 amide bonds. The van der Waals surface area contributed by atoms with E-state index in [9.17, 15) is 0 Å². The van der Waals surface area contributed by atoms with Gasteiger partial charge in [-0.1, -0.05) is 25.1 Å². The maximum absolute atomic E-state index is 6.13. The Bertz CT molecular complexity index is 345. The van der Waals surface area contributed by atoms with Gasteiger partial charge in [0.2, 0.25) is 0 Å². The van der Waals surface area contributed by atoms with Crippen molar-refractivity contribution in [3.63, 3.8) is 0 Å². The molecule has 1 atom stereocenters. The SMILES string of the molecule is CCN[C@@H](C)c1ccccc1OC1CCCC1. The van der Waals surface area contributed by atoms with E-state index in [1.165, 1.54) is 31.2 Å². The second kappa shape index (κ2) is 6.06. The van der Waals surface area contributed by atoms with Gasteiger partial charge in [0, 0.05) is 11.6 Å². The van der Waals surface area contributed by atoms with Crippen molar-refractivity contribution in [2.24, 2.45) is 0 Å². The average molecular weight is 233 g/mol. The molecule has 2 nitrogen and oxygen atoms in total. The van der Waals surface area contributed by atoms with E-state index < -0.39 is 0 Å². The first kappa shape index (κ1) is 12.4. The molecule has 0 saturated heterocycles. The molecule has 1 saturated carbocycles. The second-order valence-corrected chi connectivity index (χ2v) is 4.84. The minimum absolute atomic E-state index is 0.359.